The molecule has 6 nitrogen and oxygen atoms in total. The topological polar surface area (TPSA) is 59.4 Å². The van der Waals surface area contributed by atoms with Crippen LogP contribution in [0.2, 0.25) is 0 Å². The van der Waals surface area contributed by atoms with E-state index in [2.05, 4.69) is 37.8 Å². The van der Waals surface area contributed by atoms with Gasteiger partial charge in [0.2, 0.25) is 0 Å². The van der Waals surface area contributed by atoms with E-state index in [0.717, 1.165) is 6.54 Å². The summed E-state index contributed by atoms with van der Waals surface area (Å²) in [4.78, 5) is 14.0. The number of halogens is 1. The molecule has 0 bridgehead atoms. The predicted octanol–water partition coefficient (Wildman–Crippen LogP) is 1.18. The van der Waals surface area contributed by atoms with E-state index in [1.807, 2.05) is 14.1 Å². The number of aromatic nitrogens is 2. The van der Waals surface area contributed by atoms with E-state index < -0.39 is 0 Å². The van der Waals surface area contributed by atoms with E-state index in [-0.39, 0.29) is 5.56 Å². The summed E-state index contributed by atoms with van der Waals surface area (Å²) in [5.41, 5.74) is 0.495. The highest BCUT2D eigenvalue weighted by Crippen LogP contribution is 2.15. The largest absolute Gasteiger partial charge is 0.380 e. The van der Waals surface area contributed by atoms with Gasteiger partial charge in [0.25, 0.3) is 5.56 Å². The zero-order chi connectivity index (χ0) is 15.0. The standard InChI is InChI=1S/C13H21BrN4O2/c1-4-6-18-13(19)12(14)11(10-16-18)15-5-8-20-9-7-17(2)3/h4,10,15H,1,5-9H2,2-3H3. The maximum Gasteiger partial charge on any atom is 0.283 e. The Morgan fingerprint density at radius 1 is 1.55 bits per heavy atom. The molecule has 0 saturated carbocycles. The van der Waals surface area contributed by atoms with Crippen molar-refractivity contribution in [1.82, 2.24) is 14.7 Å². The van der Waals surface area contributed by atoms with E-state index in [1.165, 1.54) is 4.68 Å². The number of hydrogen-bond donors (Lipinski definition) is 1. The first-order valence-electron chi connectivity index (χ1n) is 6.39. The lowest BCUT2D eigenvalue weighted by Gasteiger charge is -2.11. The minimum Gasteiger partial charge on any atom is -0.380 e. The van der Waals surface area contributed by atoms with Crippen molar-refractivity contribution in [3.05, 3.63) is 33.7 Å². The Hall–Kier alpha value is -1.18. The van der Waals surface area contributed by atoms with E-state index in [0.29, 0.717) is 36.5 Å². The number of hydrogen-bond acceptors (Lipinski definition) is 5. The van der Waals surface area contributed by atoms with Gasteiger partial charge in [-0.1, -0.05) is 6.08 Å². The van der Waals surface area contributed by atoms with Crippen LogP contribution in [0.4, 0.5) is 5.69 Å². The van der Waals surface area contributed by atoms with Gasteiger partial charge in [-0.2, -0.15) is 5.10 Å². The van der Waals surface area contributed by atoms with Crippen molar-refractivity contribution in [1.29, 1.82) is 0 Å². The monoisotopic (exact) mass is 344 g/mol. The van der Waals surface area contributed by atoms with Crippen LogP contribution >= 0.6 is 15.9 Å². The van der Waals surface area contributed by atoms with Crippen LogP contribution in [-0.4, -0.2) is 55.1 Å². The van der Waals surface area contributed by atoms with Gasteiger partial charge in [-0.25, -0.2) is 4.68 Å². The molecule has 0 saturated heterocycles. The minimum absolute atomic E-state index is 0.177. The van der Waals surface area contributed by atoms with Gasteiger partial charge >= 0.3 is 0 Å². The molecule has 1 N–H and O–H groups in total. The Kier molecular flexibility index (Phi) is 7.50. The second kappa shape index (κ2) is 8.89. The summed E-state index contributed by atoms with van der Waals surface area (Å²) in [5, 5.41) is 7.18. The van der Waals surface area contributed by atoms with Crippen molar-refractivity contribution in [2.75, 3.05) is 45.7 Å². The Morgan fingerprint density at radius 2 is 2.30 bits per heavy atom. The molecule has 1 aromatic heterocycles. The van der Waals surface area contributed by atoms with Gasteiger partial charge in [0, 0.05) is 13.1 Å². The van der Waals surface area contributed by atoms with E-state index in [9.17, 15) is 4.79 Å². The third kappa shape index (κ3) is 5.44. The number of nitrogens with one attached hydrogen (secondary N) is 1. The third-order valence-corrected chi connectivity index (χ3v) is 3.30. The number of anilines is 1. The molecule has 0 fully saturated rings. The zero-order valence-corrected chi connectivity index (χ0v) is 13.5. The minimum atomic E-state index is -0.177. The summed E-state index contributed by atoms with van der Waals surface area (Å²) >= 11 is 3.29. The van der Waals surface area contributed by atoms with Crippen LogP contribution < -0.4 is 10.9 Å². The zero-order valence-electron chi connectivity index (χ0n) is 11.9. The molecule has 0 aliphatic carbocycles. The molecule has 0 aliphatic heterocycles. The van der Waals surface area contributed by atoms with Crippen LogP contribution in [0.25, 0.3) is 0 Å². The average Bonchev–Trinajstić information content (AvgIpc) is 2.41. The first kappa shape index (κ1) is 16.9. The Labute approximate surface area is 127 Å². The van der Waals surface area contributed by atoms with Crippen molar-refractivity contribution >= 4 is 21.6 Å². The highest BCUT2D eigenvalue weighted by Gasteiger charge is 2.07. The molecule has 0 aromatic carbocycles. The number of nitrogens with zero attached hydrogens (tertiary/aromatic N) is 3. The first-order chi connectivity index (χ1) is 9.56. The van der Waals surface area contributed by atoms with Crippen LogP contribution in [0.15, 0.2) is 28.1 Å². The number of likely N-dealkylation sites (N-methyl/N-ethyl adjacent to an activating group) is 1. The fourth-order valence-electron chi connectivity index (χ4n) is 1.45. The van der Waals surface area contributed by atoms with Crippen LogP contribution in [0.1, 0.15) is 0 Å². The molecule has 1 heterocycles. The molecule has 7 heteroatoms. The maximum atomic E-state index is 11.9. The number of allylic oxidation sites excluding steroid dienone is 1. The van der Waals surface area contributed by atoms with E-state index in [4.69, 9.17) is 4.74 Å². The van der Waals surface area contributed by atoms with Gasteiger partial charge in [0.1, 0.15) is 4.47 Å². The van der Waals surface area contributed by atoms with Crippen molar-refractivity contribution < 1.29 is 4.74 Å². The molecule has 0 unspecified atom stereocenters. The highest BCUT2D eigenvalue weighted by atomic mass is 79.9. The highest BCUT2D eigenvalue weighted by molar-refractivity contribution is 9.10. The number of ether oxygens (including phenoxy) is 1. The summed E-state index contributed by atoms with van der Waals surface area (Å²) in [7, 11) is 4.01. The fourth-order valence-corrected chi connectivity index (χ4v) is 1.89. The van der Waals surface area contributed by atoms with Crippen molar-refractivity contribution in [3.63, 3.8) is 0 Å². The van der Waals surface area contributed by atoms with Gasteiger partial charge in [-0.15, -0.1) is 6.58 Å². The van der Waals surface area contributed by atoms with Crippen LogP contribution in [0.5, 0.6) is 0 Å². The summed E-state index contributed by atoms with van der Waals surface area (Å²) < 4.78 is 7.28. The van der Waals surface area contributed by atoms with Gasteiger partial charge in [0.15, 0.2) is 0 Å². The molecular weight excluding hydrogens is 324 g/mol. The molecule has 0 aliphatic rings. The van der Waals surface area contributed by atoms with Crippen LogP contribution in [0.3, 0.4) is 0 Å². The molecular formula is C13H21BrN4O2. The molecule has 112 valence electrons. The lowest BCUT2D eigenvalue weighted by atomic mass is 10.4. The number of rotatable bonds is 9. The van der Waals surface area contributed by atoms with Gasteiger partial charge in [0.05, 0.1) is 31.6 Å². The lowest BCUT2D eigenvalue weighted by Crippen LogP contribution is -2.24. The Balaban J connectivity index is 2.43. The third-order valence-electron chi connectivity index (χ3n) is 2.53. The average molecular weight is 345 g/mol. The maximum absolute atomic E-state index is 11.9. The second-order valence-corrected chi connectivity index (χ2v) is 5.28. The van der Waals surface area contributed by atoms with Gasteiger partial charge in [-0.3, -0.25) is 4.79 Å². The van der Waals surface area contributed by atoms with Crippen LogP contribution in [0, 0.1) is 0 Å². The molecule has 0 amide bonds. The molecule has 1 rings (SSSR count). The summed E-state index contributed by atoms with van der Waals surface area (Å²) in [6.07, 6.45) is 3.25. The quantitative estimate of drug-likeness (QED) is 0.538. The van der Waals surface area contributed by atoms with Crippen molar-refractivity contribution in [2.45, 2.75) is 6.54 Å². The SMILES string of the molecule is C=CCn1ncc(NCCOCCN(C)C)c(Br)c1=O. The van der Waals surface area contributed by atoms with Crippen molar-refractivity contribution in [2.24, 2.45) is 0 Å². The van der Waals surface area contributed by atoms with E-state index >= 15 is 0 Å². The predicted molar refractivity (Wildman–Crippen MR) is 84.3 cm³/mol. The Morgan fingerprint density at radius 3 is 2.95 bits per heavy atom. The molecule has 0 radical (unpaired) electrons. The van der Waals surface area contributed by atoms with Gasteiger partial charge in [-0.05, 0) is 30.0 Å². The van der Waals surface area contributed by atoms with Gasteiger partial charge < -0.3 is 15.0 Å². The second-order valence-electron chi connectivity index (χ2n) is 4.49. The smallest absolute Gasteiger partial charge is 0.283 e. The lowest BCUT2D eigenvalue weighted by molar-refractivity contribution is 0.126. The first-order valence-corrected chi connectivity index (χ1v) is 7.18. The molecule has 0 spiro atoms. The summed E-state index contributed by atoms with van der Waals surface area (Å²) in [6.45, 7) is 6.77. The molecule has 0 atom stereocenters. The molecule has 1 aromatic rings. The normalized spacial score (nSPS) is 10.8. The summed E-state index contributed by atoms with van der Waals surface area (Å²) in [5.74, 6) is 0. The molecule has 20 heavy (non-hydrogen) atoms. The summed E-state index contributed by atoms with van der Waals surface area (Å²) in [6, 6.07) is 0. The van der Waals surface area contributed by atoms with Crippen molar-refractivity contribution in [3.8, 4) is 0 Å². The van der Waals surface area contributed by atoms with Crippen LogP contribution in [-0.2, 0) is 11.3 Å². The Bertz CT molecular complexity index is 488. The fraction of sp³-hybridized carbons (Fsp3) is 0.538. The van der Waals surface area contributed by atoms with E-state index in [1.54, 1.807) is 12.3 Å².